The molecule has 0 saturated heterocycles. The van der Waals surface area contributed by atoms with E-state index >= 15 is 0 Å². The van der Waals surface area contributed by atoms with Crippen LogP contribution < -0.4 is 10.3 Å². The van der Waals surface area contributed by atoms with Crippen LogP contribution in [0.5, 0.6) is 5.75 Å². The van der Waals surface area contributed by atoms with Crippen molar-refractivity contribution in [3.63, 3.8) is 0 Å². The molecular weight excluding hydrogens is 304 g/mol. The lowest BCUT2D eigenvalue weighted by molar-refractivity contribution is 0.414. The molecule has 0 atom stereocenters. The van der Waals surface area contributed by atoms with E-state index in [1.807, 2.05) is 12.1 Å². The summed E-state index contributed by atoms with van der Waals surface area (Å²) in [6, 6.07) is 8.06. The molecule has 0 aliphatic carbocycles. The Morgan fingerprint density at radius 2 is 2.14 bits per heavy atom. The van der Waals surface area contributed by atoms with E-state index in [9.17, 15) is 4.79 Å². The number of H-pyrrole nitrogens is 1. The van der Waals surface area contributed by atoms with Crippen molar-refractivity contribution >= 4 is 23.5 Å². The second-order valence-electron chi connectivity index (χ2n) is 4.74. The van der Waals surface area contributed by atoms with Gasteiger partial charge in [0, 0.05) is 22.8 Å². The molecule has 0 unspecified atom stereocenters. The predicted octanol–water partition coefficient (Wildman–Crippen LogP) is 2.86. The molecule has 110 valence electrons. The van der Waals surface area contributed by atoms with Gasteiger partial charge in [0.25, 0.3) is 5.56 Å². The Bertz CT molecular complexity index is 683. The maximum Gasteiger partial charge on any atom is 0.255 e. The Morgan fingerprint density at radius 1 is 1.33 bits per heavy atom. The first-order chi connectivity index (χ1) is 10.3. The third-order valence-electron chi connectivity index (χ3n) is 3.35. The van der Waals surface area contributed by atoms with Crippen molar-refractivity contribution in [3.8, 4) is 5.75 Å². The molecule has 1 aromatic carbocycles. The summed E-state index contributed by atoms with van der Waals surface area (Å²) in [5.41, 5.74) is 3.08. The van der Waals surface area contributed by atoms with Gasteiger partial charge in [0.15, 0.2) is 5.16 Å². The Morgan fingerprint density at radius 3 is 2.90 bits per heavy atom. The Hall–Kier alpha value is -1.40. The van der Waals surface area contributed by atoms with Crippen LogP contribution in [0.2, 0.25) is 0 Å². The molecule has 3 rings (SSSR count). The van der Waals surface area contributed by atoms with E-state index in [1.54, 1.807) is 30.6 Å². The number of hydrogen-bond acceptors (Lipinski definition) is 5. The minimum atomic E-state index is 0.0250. The zero-order valence-corrected chi connectivity index (χ0v) is 13.4. The van der Waals surface area contributed by atoms with Gasteiger partial charge in [0.2, 0.25) is 0 Å². The highest BCUT2D eigenvalue weighted by Gasteiger charge is 2.17. The van der Waals surface area contributed by atoms with Crippen LogP contribution in [-0.2, 0) is 17.9 Å². The van der Waals surface area contributed by atoms with Gasteiger partial charge < -0.3 is 9.72 Å². The van der Waals surface area contributed by atoms with Crippen molar-refractivity contribution in [1.82, 2.24) is 9.97 Å². The normalized spacial score (nSPS) is 13.2. The van der Waals surface area contributed by atoms with Gasteiger partial charge in [0.1, 0.15) is 5.75 Å². The number of ether oxygens (including phenoxy) is 1. The number of aromatic nitrogens is 2. The van der Waals surface area contributed by atoms with Crippen molar-refractivity contribution in [1.29, 1.82) is 0 Å². The molecule has 2 aromatic rings. The van der Waals surface area contributed by atoms with Crippen molar-refractivity contribution in [2.24, 2.45) is 0 Å². The van der Waals surface area contributed by atoms with E-state index in [0.717, 1.165) is 45.8 Å². The van der Waals surface area contributed by atoms with Crippen LogP contribution in [-0.4, -0.2) is 22.8 Å². The fraction of sp³-hybridized carbons (Fsp3) is 0.333. The average molecular weight is 320 g/mol. The number of hydrogen-bond donors (Lipinski definition) is 1. The number of methoxy groups -OCH3 is 1. The molecule has 6 heteroatoms. The number of thioether (sulfide) groups is 2. The quantitative estimate of drug-likeness (QED) is 0.678. The average Bonchev–Trinajstić information content (AvgIpc) is 2.97. The molecule has 1 aliphatic heterocycles. The Kier molecular flexibility index (Phi) is 4.55. The zero-order chi connectivity index (χ0) is 14.7. The molecule has 1 aliphatic rings. The fourth-order valence-corrected chi connectivity index (χ4v) is 4.07. The third-order valence-corrected chi connectivity index (χ3v) is 5.20. The smallest absolute Gasteiger partial charge is 0.255 e. The molecule has 0 spiro atoms. The molecule has 4 nitrogen and oxygen atoms in total. The van der Waals surface area contributed by atoms with Gasteiger partial charge in [-0.1, -0.05) is 23.9 Å². The van der Waals surface area contributed by atoms with Crippen LogP contribution in [0.1, 0.15) is 16.8 Å². The molecule has 1 N–H and O–H groups in total. The summed E-state index contributed by atoms with van der Waals surface area (Å²) in [7, 11) is 1.67. The topological polar surface area (TPSA) is 55.0 Å². The summed E-state index contributed by atoms with van der Waals surface area (Å²) in [6.07, 6.45) is 0.935. The van der Waals surface area contributed by atoms with E-state index < -0.39 is 0 Å². The molecule has 2 heterocycles. The lowest BCUT2D eigenvalue weighted by Crippen LogP contribution is -2.15. The van der Waals surface area contributed by atoms with Crippen molar-refractivity contribution in [2.75, 3.05) is 12.9 Å². The van der Waals surface area contributed by atoms with Crippen LogP contribution in [0.4, 0.5) is 0 Å². The lowest BCUT2D eigenvalue weighted by atomic mass is 10.2. The van der Waals surface area contributed by atoms with Gasteiger partial charge >= 0.3 is 0 Å². The Labute approximate surface area is 131 Å². The number of fused-ring (bicyclic) bond motifs is 1. The van der Waals surface area contributed by atoms with E-state index in [4.69, 9.17) is 4.74 Å². The molecule has 0 amide bonds. The number of nitrogens with one attached hydrogen (secondary N) is 1. The van der Waals surface area contributed by atoms with Crippen molar-refractivity contribution < 1.29 is 4.74 Å². The van der Waals surface area contributed by atoms with Crippen LogP contribution in [0, 0.1) is 0 Å². The molecule has 0 fully saturated rings. The first kappa shape index (κ1) is 14.5. The van der Waals surface area contributed by atoms with Crippen molar-refractivity contribution in [3.05, 3.63) is 51.4 Å². The summed E-state index contributed by atoms with van der Waals surface area (Å²) < 4.78 is 5.14. The van der Waals surface area contributed by atoms with Crippen LogP contribution >= 0.6 is 23.5 Å². The largest absolute Gasteiger partial charge is 0.497 e. The first-order valence-electron chi connectivity index (χ1n) is 6.72. The SMILES string of the molecule is COc1ccc(CCSc2nc3c(c(=O)[nH]2)CSC3)cc1. The number of aryl methyl sites for hydroxylation is 1. The number of benzene rings is 1. The standard InChI is InChI=1S/C15H16N2O2S2/c1-19-11-4-2-10(3-5-11)6-7-21-15-16-13-9-20-8-12(13)14(18)17-15/h2-5H,6-9H2,1H3,(H,16,17,18). The summed E-state index contributed by atoms with van der Waals surface area (Å²) in [4.78, 5) is 19.3. The van der Waals surface area contributed by atoms with Crippen LogP contribution in [0.25, 0.3) is 0 Å². The molecule has 0 saturated carbocycles. The lowest BCUT2D eigenvalue weighted by Gasteiger charge is -2.05. The van der Waals surface area contributed by atoms with Gasteiger partial charge in [0.05, 0.1) is 12.8 Å². The minimum Gasteiger partial charge on any atom is -0.497 e. The monoisotopic (exact) mass is 320 g/mol. The maximum atomic E-state index is 11.9. The first-order valence-corrected chi connectivity index (χ1v) is 8.86. The highest BCUT2D eigenvalue weighted by atomic mass is 32.2. The van der Waals surface area contributed by atoms with E-state index in [0.29, 0.717) is 0 Å². The molecular formula is C15H16N2O2S2. The van der Waals surface area contributed by atoms with E-state index in [-0.39, 0.29) is 5.56 Å². The summed E-state index contributed by atoms with van der Waals surface area (Å²) in [5, 5.41) is 0.731. The van der Waals surface area contributed by atoms with E-state index in [1.165, 1.54) is 5.56 Å². The van der Waals surface area contributed by atoms with Crippen LogP contribution in [0.15, 0.2) is 34.2 Å². The van der Waals surface area contributed by atoms with E-state index in [2.05, 4.69) is 22.1 Å². The summed E-state index contributed by atoms with van der Waals surface area (Å²) in [5.74, 6) is 3.40. The number of nitrogens with zero attached hydrogens (tertiary/aromatic N) is 1. The van der Waals surface area contributed by atoms with Gasteiger partial charge in [-0.05, 0) is 24.1 Å². The van der Waals surface area contributed by atoms with Gasteiger partial charge in [-0.15, -0.1) is 0 Å². The zero-order valence-electron chi connectivity index (χ0n) is 11.7. The number of rotatable bonds is 5. The maximum absolute atomic E-state index is 11.9. The molecule has 0 radical (unpaired) electrons. The van der Waals surface area contributed by atoms with Crippen molar-refractivity contribution in [2.45, 2.75) is 23.1 Å². The predicted molar refractivity (Wildman–Crippen MR) is 87.3 cm³/mol. The van der Waals surface area contributed by atoms with Gasteiger partial charge in [-0.3, -0.25) is 4.79 Å². The second-order valence-corrected chi connectivity index (χ2v) is 6.80. The number of aromatic amines is 1. The third kappa shape index (κ3) is 3.44. The van der Waals surface area contributed by atoms with Gasteiger partial charge in [-0.2, -0.15) is 11.8 Å². The Balaban J connectivity index is 1.60. The molecule has 1 aromatic heterocycles. The minimum absolute atomic E-state index is 0.0250. The van der Waals surface area contributed by atoms with Gasteiger partial charge in [-0.25, -0.2) is 4.98 Å². The summed E-state index contributed by atoms with van der Waals surface area (Å²) >= 11 is 3.34. The highest BCUT2D eigenvalue weighted by Crippen LogP contribution is 2.26. The molecule has 21 heavy (non-hydrogen) atoms. The second kappa shape index (κ2) is 6.58. The molecule has 0 bridgehead atoms. The fourth-order valence-electron chi connectivity index (χ4n) is 2.17. The summed E-state index contributed by atoms with van der Waals surface area (Å²) in [6.45, 7) is 0. The van der Waals surface area contributed by atoms with Crippen LogP contribution in [0.3, 0.4) is 0 Å². The highest BCUT2D eigenvalue weighted by molar-refractivity contribution is 7.99.